The van der Waals surface area contributed by atoms with E-state index in [1.54, 1.807) is 6.92 Å². The summed E-state index contributed by atoms with van der Waals surface area (Å²) in [6, 6.07) is 5.64. The number of alkyl halides is 2. The lowest BCUT2D eigenvalue weighted by atomic mass is 9.95. The summed E-state index contributed by atoms with van der Waals surface area (Å²) in [5.41, 5.74) is 0.185. The summed E-state index contributed by atoms with van der Waals surface area (Å²) in [6.45, 7) is 2.45. The molecule has 0 bridgehead atoms. The number of nitrogens with zero attached hydrogens (tertiary/aromatic N) is 1. The molecule has 1 aliphatic carbocycles. The van der Waals surface area contributed by atoms with Crippen LogP contribution in [0.25, 0.3) is 0 Å². The van der Waals surface area contributed by atoms with Gasteiger partial charge in [0.15, 0.2) is 0 Å². The van der Waals surface area contributed by atoms with E-state index in [9.17, 15) is 18.0 Å². The Bertz CT molecular complexity index is 891. The Morgan fingerprint density at radius 3 is 2.89 bits per heavy atom. The number of rotatable bonds is 6. The lowest BCUT2D eigenvalue weighted by Gasteiger charge is -2.19. The lowest BCUT2D eigenvalue weighted by Crippen LogP contribution is -2.36. The van der Waals surface area contributed by atoms with Crippen LogP contribution in [0.5, 0.6) is 11.6 Å². The van der Waals surface area contributed by atoms with Gasteiger partial charge in [-0.3, -0.25) is 4.79 Å². The van der Waals surface area contributed by atoms with Gasteiger partial charge < -0.3 is 14.8 Å². The number of amides is 1. The van der Waals surface area contributed by atoms with Crippen LogP contribution in [0.15, 0.2) is 36.5 Å². The predicted octanol–water partition coefficient (Wildman–Crippen LogP) is 3.39. The van der Waals surface area contributed by atoms with Gasteiger partial charge in [0.05, 0.1) is 19.1 Å². The van der Waals surface area contributed by atoms with Crippen molar-refractivity contribution in [3.05, 3.63) is 53.5 Å². The molecule has 0 saturated heterocycles. The van der Waals surface area contributed by atoms with Crippen molar-refractivity contribution in [3.8, 4) is 11.6 Å². The van der Waals surface area contributed by atoms with Crippen LogP contribution in [0.3, 0.4) is 0 Å². The summed E-state index contributed by atoms with van der Waals surface area (Å²) in [6.07, 6.45) is -1.09. The predicted molar refractivity (Wildman–Crippen MR) is 94.0 cm³/mol. The highest BCUT2D eigenvalue weighted by molar-refractivity contribution is 5.85. The van der Waals surface area contributed by atoms with Gasteiger partial charge in [0.25, 0.3) is 6.43 Å². The van der Waals surface area contributed by atoms with Gasteiger partial charge >= 0.3 is 0 Å². The third kappa shape index (κ3) is 3.16. The van der Waals surface area contributed by atoms with E-state index in [-0.39, 0.29) is 12.2 Å². The Kier molecular flexibility index (Phi) is 4.64. The fourth-order valence-electron chi connectivity index (χ4n) is 3.76. The van der Waals surface area contributed by atoms with Gasteiger partial charge in [0, 0.05) is 23.2 Å². The molecule has 3 atom stereocenters. The first-order valence-electron chi connectivity index (χ1n) is 9.04. The molecule has 1 saturated carbocycles. The van der Waals surface area contributed by atoms with Crippen LogP contribution < -0.4 is 14.8 Å². The van der Waals surface area contributed by atoms with Crippen LogP contribution in [0.1, 0.15) is 30.5 Å². The Morgan fingerprint density at radius 2 is 2.21 bits per heavy atom. The molecule has 1 N–H and O–H groups in total. The zero-order valence-corrected chi connectivity index (χ0v) is 15.1. The van der Waals surface area contributed by atoms with Crippen LogP contribution in [-0.4, -0.2) is 30.5 Å². The molecule has 1 fully saturated rings. The first-order valence-corrected chi connectivity index (χ1v) is 9.04. The molecule has 1 aliphatic heterocycles. The average molecular weight is 392 g/mol. The monoisotopic (exact) mass is 392 g/mol. The molecule has 1 aromatic heterocycles. The average Bonchev–Trinajstić information content (AvgIpc) is 3.31. The lowest BCUT2D eigenvalue weighted by molar-refractivity contribution is -0.124. The number of aromatic nitrogens is 1. The number of pyridine rings is 1. The van der Waals surface area contributed by atoms with E-state index in [1.807, 2.05) is 0 Å². The van der Waals surface area contributed by atoms with Crippen molar-refractivity contribution in [2.24, 2.45) is 5.92 Å². The van der Waals surface area contributed by atoms with E-state index in [1.165, 1.54) is 36.5 Å². The summed E-state index contributed by atoms with van der Waals surface area (Å²) < 4.78 is 51.6. The molecular formula is C20H19F3N2O3. The number of carbonyl (C=O) groups is 1. The van der Waals surface area contributed by atoms with Crippen molar-refractivity contribution in [3.63, 3.8) is 0 Å². The van der Waals surface area contributed by atoms with Crippen molar-refractivity contribution >= 4 is 5.91 Å². The molecule has 4 rings (SSSR count). The number of ether oxygens (including phenoxy) is 2. The quantitative estimate of drug-likeness (QED) is 0.819. The van der Waals surface area contributed by atoms with Gasteiger partial charge in [-0.2, -0.15) is 0 Å². The zero-order valence-electron chi connectivity index (χ0n) is 15.1. The third-order valence-corrected chi connectivity index (χ3v) is 5.32. The number of fused-ring (bicyclic) bond motifs is 2. The largest absolute Gasteiger partial charge is 0.492 e. The molecule has 2 unspecified atom stereocenters. The summed E-state index contributed by atoms with van der Waals surface area (Å²) in [4.78, 5) is 16.7. The molecule has 2 aromatic rings. The van der Waals surface area contributed by atoms with Crippen LogP contribution in [0.4, 0.5) is 13.2 Å². The second-order valence-corrected chi connectivity index (χ2v) is 7.03. The van der Waals surface area contributed by atoms with E-state index in [0.29, 0.717) is 30.2 Å². The second kappa shape index (κ2) is 7.00. The highest BCUT2D eigenvalue weighted by Gasteiger charge is 2.63. The molecule has 5 nitrogen and oxygen atoms in total. The maximum atomic E-state index is 13.6. The Morgan fingerprint density at radius 1 is 1.39 bits per heavy atom. The molecule has 148 valence electrons. The minimum Gasteiger partial charge on any atom is -0.492 e. The molecule has 2 aliphatic rings. The summed E-state index contributed by atoms with van der Waals surface area (Å²) >= 11 is 0. The second-order valence-electron chi connectivity index (χ2n) is 7.03. The summed E-state index contributed by atoms with van der Waals surface area (Å²) in [7, 11) is 0. The van der Waals surface area contributed by atoms with E-state index in [0.717, 1.165) is 0 Å². The number of benzene rings is 1. The number of nitrogens with one attached hydrogen (secondary N) is 1. The van der Waals surface area contributed by atoms with Crippen molar-refractivity contribution < 1.29 is 27.4 Å². The van der Waals surface area contributed by atoms with Gasteiger partial charge in [0.1, 0.15) is 17.6 Å². The normalized spacial score (nSPS) is 23.2. The molecule has 8 heteroatoms. The topological polar surface area (TPSA) is 60.5 Å². The van der Waals surface area contributed by atoms with Crippen LogP contribution in [-0.2, 0) is 10.2 Å². The Balaban J connectivity index is 1.49. The standard InChI is InChI=1S/C20H19F3N2O3/c1-2-27-16-6-3-11(9-24-16)17(18(22)23)25-19(26)14-8-20(14)10-28-15-5-4-12(21)7-13(15)20/h3-7,9,14,17-18H,2,8,10H2,1H3,(H,25,26)/t14?,17-,20?/m1/s1. The number of hydrogen-bond acceptors (Lipinski definition) is 4. The number of halogens is 3. The summed E-state index contributed by atoms with van der Waals surface area (Å²) in [5.74, 6) is -0.584. The highest BCUT2D eigenvalue weighted by atomic mass is 19.3. The van der Waals surface area contributed by atoms with Gasteiger partial charge in [-0.1, -0.05) is 0 Å². The van der Waals surface area contributed by atoms with Crippen molar-refractivity contribution in [1.29, 1.82) is 0 Å². The SMILES string of the molecule is CCOc1ccc([C@@H](NC(=O)C2CC23COc2ccc(F)cc23)C(F)F)cn1. The van der Waals surface area contributed by atoms with Gasteiger partial charge in [-0.15, -0.1) is 0 Å². The third-order valence-electron chi connectivity index (χ3n) is 5.32. The first-order chi connectivity index (χ1) is 13.4. The Hall–Kier alpha value is -2.77. The smallest absolute Gasteiger partial charge is 0.262 e. The van der Waals surface area contributed by atoms with Crippen LogP contribution in [0, 0.1) is 11.7 Å². The maximum absolute atomic E-state index is 13.6. The fraction of sp³-hybridized carbons (Fsp3) is 0.400. The minimum atomic E-state index is -2.80. The fourth-order valence-corrected chi connectivity index (χ4v) is 3.76. The minimum absolute atomic E-state index is 0.190. The van der Waals surface area contributed by atoms with Crippen molar-refractivity contribution in [2.45, 2.75) is 31.2 Å². The molecule has 2 heterocycles. The van der Waals surface area contributed by atoms with Crippen LogP contribution in [0.2, 0.25) is 0 Å². The number of carbonyl (C=O) groups excluding carboxylic acids is 1. The first kappa shape index (κ1) is 18.6. The van der Waals surface area contributed by atoms with Crippen molar-refractivity contribution in [2.75, 3.05) is 13.2 Å². The molecular weight excluding hydrogens is 373 g/mol. The maximum Gasteiger partial charge on any atom is 0.262 e. The molecule has 1 amide bonds. The van der Waals surface area contributed by atoms with Gasteiger partial charge in [0.2, 0.25) is 11.8 Å². The van der Waals surface area contributed by atoms with E-state index in [4.69, 9.17) is 9.47 Å². The Labute approximate surface area is 159 Å². The van der Waals surface area contributed by atoms with E-state index >= 15 is 0 Å². The zero-order chi connectivity index (χ0) is 19.9. The molecule has 28 heavy (non-hydrogen) atoms. The van der Waals surface area contributed by atoms with Gasteiger partial charge in [-0.25, -0.2) is 18.2 Å². The molecule has 1 aromatic carbocycles. The summed E-state index contributed by atoms with van der Waals surface area (Å²) in [5, 5.41) is 2.42. The highest BCUT2D eigenvalue weighted by Crippen LogP contribution is 2.60. The van der Waals surface area contributed by atoms with E-state index < -0.39 is 35.5 Å². The van der Waals surface area contributed by atoms with Crippen molar-refractivity contribution in [1.82, 2.24) is 10.3 Å². The molecule has 0 radical (unpaired) electrons. The van der Waals surface area contributed by atoms with Gasteiger partial charge in [-0.05, 0) is 43.2 Å². The van der Waals surface area contributed by atoms with E-state index in [2.05, 4.69) is 10.3 Å². The molecule has 1 spiro atoms. The van der Waals surface area contributed by atoms with Crippen LogP contribution >= 0.6 is 0 Å². The number of hydrogen-bond donors (Lipinski definition) is 1.